The molecule has 6 nitrogen and oxygen atoms in total. The SMILES string of the molecule is CC(C)N1C(=O)COC(c2ccc(NC(=O)C3CCC3)cc2)C1CO. The average molecular weight is 346 g/mol. The number of nitrogens with zero attached hydrogens (tertiary/aromatic N) is 1. The highest BCUT2D eigenvalue weighted by Crippen LogP contribution is 2.31. The second kappa shape index (κ2) is 7.54. The number of hydrogen-bond acceptors (Lipinski definition) is 4. The van der Waals surface area contributed by atoms with Gasteiger partial charge in [-0.1, -0.05) is 18.6 Å². The molecule has 1 aliphatic heterocycles. The highest BCUT2D eigenvalue weighted by atomic mass is 16.5. The summed E-state index contributed by atoms with van der Waals surface area (Å²) in [4.78, 5) is 25.8. The molecule has 1 heterocycles. The Balaban J connectivity index is 1.72. The van der Waals surface area contributed by atoms with Gasteiger partial charge in [-0.3, -0.25) is 9.59 Å². The second-order valence-electron chi connectivity index (χ2n) is 7.12. The van der Waals surface area contributed by atoms with Gasteiger partial charge in [0.05, 0.1) is 12.6 Å². The van der Waals surface area contributed by atoms with Crippen molar-refractivity contribution in [3.8, 4) is 0 Å². The predicted molar refractivity (Wildman–Crippen MR) is 94.0 cm³/mol. The minimum atomic E-state index is -0.406. The quantitative estimate of drug-likeness (QED) is 0.856. The summed E-state index contributed by atoms with van der Waals surface area (Å²) in [6, 6.07) is 7.06. The van der Waals surface area contributed by atoms with Crippen molar-refractivity contribution < 1.29 is 19.4 Å². The number of carbonyl (C=O) groups is 2. The van der Waals surface area contributed by atoms with Gasteiger partial charge in [-0.15, -0.1) is 0 Å². The Bertz CT molecular complexity index is 625. The van der Waals surface area contributed by atoms with Crippen molar-refractivity contribution in [3.05, 3.63) is 29.8 Å². The Hall–Kier alpha value is -1.92. The van der Waals surface area contributed by atoms with Crippen LogP contribution in [0.3, 0.4) is 0 Å². The van der Waals surface area contributed by atoms with Crippen molar-refractivity contribution in [3.63, 3.8) is 0 Å². The van der Waals surface area contributed by atoms with E-state index in [1.807, 2.05) is 38.1 Å². The monoisotopic (exact) mass is 346 g/mol. The molecule has 136 valence electrons. The molecule has 1 aromatic rings. The summed E-state index contributed by atoms with van der Waals surface area (Å²) >= 11 is 0. The lowest BCUT2D eigenvalue weighted by atomic mass is 9.85. The molecule has 3 rings (SSSR count). The van der Waals surface area contributed by atoms with Crippen LogP contribution < -0.4 is 5.32 Å². The molecular formula is C19H26N2O4. The number of nitrogens with one attached hydrogen (secondary N) is 1. The van der Waals surface area contributed by atoms with E-state index in [0.717, 1.165) is 30.5 Å². The molecule has 0 radical (unpaired) electrons. The number of ether oxygens (including phenoxy) is 1. The molecule has 2 atom stereocenters. The number of carbonyl (C=O) groups excluding carboxylic acids is 2. The summed E-state index contributed by atoms with van der Waals surface area (Å²) in [5.74, 6) is 0.123. The third kappa shape index (κ3) is 3.70. The standard InChI is InChI=1S/C19H26N2O4/c1-12(2)21-16(10-22)18(25-11-17(21)23)13-6-8-15(9-7-13)20-19(24)14-4-3-5-14/h6-9,12,14,16,18,22H,3-5,10-11H2,1-2H3,(H,20,24). The van der Waals surface area contributed by atoms with Gasteiger partial charge in [-0.2, -0.15) is 0 Å². The topological polar surface area (TPSA) is 78.9 Å². The van der Waals surface area contributed by atoms with Crippen molar-refractivity contribution in [1.82, 2.24) is 4.90 Å². The molecule has 1 saturated carbocycles. The van der Waals surface area contributed by atoms with E-state index in [-0.39, 0.29) is 43.1 Å². The van der Waals surface area contributed by atoms with Gasteiger partial charge in [-0.05, 0) is 44.4 Å². The number of anilines is 1. The van der Waals surface area contributed by atoms with Gasteiger partial charge in [0.25, 0.3) is 0 Å². The molecule has 0 spiro atoms. The Morgan fingerprint density at radius 1 is 1.32 bits per heavy atom. The van der Waals surface area contributed by atoms with Gasteiger partial charge in [0.1, 0.15) is 12.7 Å². The van der Waals surface area contributed by atoms with Crippen LogP contribution in [0, 0.1) is 5.92 Å². The van der Waals surface area contributed by atoms with E-state index in [0.29, 0.717) is 0 Å². The summed E-state index contributed by atoms with van der Waals surface area (Å²) in [7, 11) is 0. The maximum absolute atomic E-state index is 12.1. The molecule has 1 aliphatic carbocycles. The first-order chi connectivity index (χ1) is 12.0. The molecule has 2 unspecified atom stereocenters. The Labute approximate surface area is 148 Å². The van der Waals surface area contributed by atoms with Crippen molar-refractivity contribution in [1.29, 1.82) is 0 Å². The lowest BCUT2D eigenvalue weighted by Gasteiger charge is -2.42. The molecule has 2 amide bonds. The molecule has 25 heavy (non-hydrogen) atoms. The number of rotatable bonds is 5. The third-order valence-corrected chi connectivity index (χ3v) is 5.11. The first kappa shape index (κ1) is 17.9. The largest absolute Gasteiger partial charge is 0.394 e. The summed E-state index contributed by atoms with van der Waals surface area (Å²) in [6.45, 7) is 3.72. The lowest BCUT2D eigenvalue weighted by molar-refractivity contribution is -0.164. The van der Waals surface area contributed by atoms with Crippen LogP contribution in [0.5, 0.6) is 0 Å². The number of benzene rings is 1. The van der Waals surface area contributed by atoms with Crippen molar-refractivity contribution >= 4 is 17.5 Å². The van der Waals surface area contributed by atoms with Crippen LogP contribution in [0.15, 0.2) is 24.3 Å². The predicted octanol–water partition coefficient (Wildman–Crippen LogP) is 2.09. The van der Waals surface area contributed by atoms with Gasteiger partial charge in [0.15, 0.2) is 0 Å². The van der Waals surface area contributed by atoms with Crippen LogP contribution in [0.2, 0.25) is 0 Å². The van der Waals surface area contributed by atoms with Crippen LogP contribution in [-0.2, 0) is 14.3 Å². The van der Waals surface area contributed by atoms with Crippen molar-refractivity contribution in [2.24, 2.45) is 5.92 Å². The average Bonchev–Trinajstić information content (AvgIpc) is 2.53. The zero-order valence-corrected chi connectivity index (χ0v) is 14.8. The van der Waals surface area contributed by atoms with E-state index in [1.54, 1.807) is 4.90 Å². The fraction of sp³-hybridized carbons (Fsp3) is 0.579. The molecule has 2 fully saturated rings. The van der Waals surface area contributed by atoms with Crippen molar-refractivity contribution in [2.45, 2.75) is 51.3 Å². The zero-order chi connectivity index (χ0) is 18.0. The number of aliphatic hydroxyl groups is 1. The van der Waals surface area contributed by atoms with Gasteiger partial charge in [0, 0.05) is 17.6 Å². The van der Waals surface area contributed by atoms with Crippen LogP contribution in [0.4, 0.5) is 5.69 Å². The van der Waals surface area contributed by atoms with E-state index in [1.165, 1.54) is 0 Å². The van der Waals surface area contributed by atoms with E-state index in [4.69, 9.17) is 4.74 Å². The summed E-state index contributed by atoms with van der Waals surface area (Å²) < 4.78 is 5.71. The molecule has 2 aliphatic rings. The molecule has 2 N–H and O–H groups in total. The smallest absolute Gasteiger partial charge is 0.249 e. The number of amides is 2. The summed E-state index contributed by atoms with van der Waals surface area (Å²) in [6.07, 6.45) is 2.69. The molecule has 6 heteroatoms. The van der Waals surface area contributed by atoms with Crippen LogP contribution >= 0.6 is 0 Å². The minimum Gasteiger partial charge on any atom is -0.394 e. The highest BCUT2D eigenvalue weighted by molar-refractivity contribution is 5.93. The van der Waals surface area contributed by atoms with E-state index in [9.17, 15) is 14.7 Å². The molecule has 0 aromatic heterocycles. The van der Waals surface area contributed by atoms with Gasteiger partial charge in [-0.25, -0.2) is 0 Å². The number of aliphatic hydroxyl groups excluding tert-OH is 1. The van der Waals surface area contributed by atoms with Gasteiger partial charge < -0.3 is 20.1 Å². The number of hydrogen-bond donors (Lipinski definition) is 2. The van der Waals surface area contributed by atoms with Gasteiger partial charge in [0.2, 0.25) is 11.8 Å². The maximum Gasteiger partial charge on any atom is 0.249 e. The Morgan fingerprint density at radius 3 is 2.52 bits per heavy atom. The van der Waals surface area contributed by atoms with Crippen LogP contribution in [0.25, 0.3) is 0 Å². The molecule has 0 bridgehead atoms. The molecule has 1 saturated heterocycles. The highest BCUT2D eigenvalue weighted by Gasteiger charge is 2.38. The van der Waals surface area contributed by atoms with Crippen molar-refractivity contribution in [2.75, 3.05) is 18.5 Å². The van der Waals surface area contributed by atoms with Crippen LogP contribution in [-0.4, -0.2) is 47.1 Å². The first-order valence-electron chi connectivity index (χ1n) is 8.95. The first-order valence-corrected chi connectivity index (χ1v) is 8.95. The fourth-order valence-electron chi connectivity index (χ4n) is 3.52. The third-order valence-electron chi connectivity index (χ3n) is 5.11. The second-order valence-corrected chi connectivity index (χ2v) is 7.12. The fourth-order valence-corrected chi connectivity index (χ4v) is 3.52. The summed E-state index contributed by atoms with van der Waals surface area (Å²) in [5.41, 5.74) is 1.65. The van der Waals surface area contributed by atoms with Gasteiger partial charge >= 0.3 is 0 Å². The summed E-state index contributed by atoms with van der Waals surface area (Å²) in [5, 5.41) is 12.7. The van der Waals surface area contributed by atoms with E-state index >= 15 is 0 Å². The lowest BCUT2D eigenvalue weighted by Crippen LogP contribution is -2.55. The maximum atomic E-state index is 12.1. The van der Waals surface area contributed by atoms with E-state index in [2.05, 4.69) is 5.32 Å². The zero-order valence-electron chi connectivity index (χ0n) is 14.8. The molecular weight excluding hydrogens is 320 g/mol. The Kier molecular flexibility index (Phi) is 5.39. The normalized spacial score (nSPS) is 24.3. The Morgan fingerprint density at radius 2 is 2.00 bits per heavy atom. The minimum absolute atomic E-state index is 0.00270. The van der Waals surface area contributed by atoms with E-state index < -0.39 is 6.04 Å². The van der Waals surface area contributed by atoms with Crippen LogP contribution in [0.1, 0.15) is 44.8 Å². The number of morpholine rings is 1. The molecule has 1 aromatic carbocycles.